The maximum Gasteiger partial charge on any atom is 0.319 e. The van der Waals surface area contributed by atoms with Crippen LogP contribution in [0, 0.1) is 0 Å². The molecule has 0 aliphatic heterocycles. The molecule has 0 atom stereocenters. The van der Waals surface area contributed by atoms with E-state index < -0.39 is 0 Å². The van der Waals surface area contributed by atoms with E-state index in [1.807, 2.05) is 24.3 Å². The van der Waals surface area contributed by atoms with Crippen molar-refractivity contribution in [2.45, 2.75) is 0 Å². The molecule has 2 N–H and O–H groups in total. The Morgan fingerprint density at radius 3 is 2.10 bits per heavy atom. The average Bonchev–Trinajstić information content (AvgIpc) is 2.46. The predicted octanol–water partition coefficient (Wildman–Crippen LogP) is 3.80. The van der Waals surface area contributed by atoms with Crippen LogP contribution >= 0.6 is 47.8 Å². The van der Waals surface area contributed by atoms with Crippen LogP contribution in [0.3, 0.4) is 0 Å². The molecule has 1 aromatic rings. The van der Waals surface area contributed by atoms with Crippen molar-refractivity contribution in [1.29, 1.82) is 0 Å². The van der Waals surface area contributed by atoms with Crippen molar-refractivity contribution in [3.63, 3.8) is 0 Å². The van der Waals surface area contributed by atoms with Gasteiger partial charge in [-0.05, 0) is 24.3 Å². The Morgan fingerprint density at radius 1 is 1.00 bits per heavy atom. The molecule has 1 rings (SSSR count). The molecule has 0 aliphatic carbocycles. The Bertz CT molecular complexity index is 394. The highest BCUT2D eigenvalue weighted by atomic mass is 79.9. The predicted molar refractivity (Wildman–Crippen MR) is 97.1 cm³/mol. The smallest absolute Gasteiger partial charge is 0.319 e. The Morgan fingerprint density at radius 2 is 1.60 bits per heavy atom. The van der Waals surface area contributed by atoms with Gasteiger partial charge in [-0.25, -0.2) is 4.79 Å². The van der Waals surface area contributed by atoms with Gasteiger partial charge >= 0.3 is 6.03 Å². The van der Waals surface area contributed by atoms with E-state index in [-0.39, 0.29) is 6.03 Å². The number of hydrogen-bond acceptors (Lipinski definition) is 2. The summed E-state index contributed by atoms with van der Waals surface area (Å²) in [4.78, 5) is 13.8. The zero-order valence-electron chi connectivity index (χ0n) is 11.0. The lowest BCUT2D eigenvalue weighted by Gasteiger charge is -2.23. The average molecular weight is 472 g/mol. The van der Waals surface area contributed by atoms with E-state index in [4.69, 9.17) is 0 Å². The van der Waals surface area contributed by atoms with Gasteiger partial charge in [-0.15, -0.1) is 0 Å². The second kappa shape index (κ2) is 10.5. The van der Waals surface area contributed by atoms with Crippen LogP contribution in [0.5, 0.6) is 0 Å². The van der Waals surface area contributed by atoms with E-state index in [1.165, 1.54) is 0 Å². The van der Waals surface area contributed by atoms with Crippen LogP contribution in [0.2, 0.25) is 0 Å². The van der Waals surface area contributed by atoms with Gasteiger partial charge in [-0.3, -0.25) is 0 Å². The molecule has 0 spiro atoms. The van der Waals surface area contributed by atoms with E-state index >= 15 is 0 Å². The minimum absolute atomic E-state index is 0.185. The highest BCUT2D eigenvalue weighted by molar-refractivity contribution is 9.09. The van der Waals surface area contributed by atoms with Crippen molar-refractivity contribution >= 4 is 65.2 Å². The van der Waals surface area contributed by atoms with Gasteiger partial charge in [0.1, 0.15) is 0 Å². The summed E-state index contributed by atoms with van der Waals surface area (Å²) < 4.78 is 0. The van der Waals surface area contributed by atoms with Gasteiger partial charge in [0.15, 0.2) is 0 Å². The number of alkyl halides is 3. The van der Waals surface area contributed by atoms with Gasteiger partial charge in [0.25, 0.3) is 0 Å². The topological polar surface area (TPSA) is 44.4 Å². The van der Waals surface area contributed by atoms with E-state index in [2.05, 4.69) is 63.3 Å². The molecule has 7 heteroatoms. The lowest BCUT2D eigenvalue weighted by Crippen LogP contribution is -2.30. The van der Waals surface area contributed by atoms with Crippen molar-refractivity contribution in [3.05, 3.63) is 24.3 Å². The molecule has 0 saturated heterocycles. The Hall–Kier alpha value is -0.270. The molecule has 0 fully saturated rings. The van der Waals surface area contributed by atoms with Crippen LogP contribution in [0.15, 0.2) is 24.3 Å². The molecule has 0 heterocycles. The van der Waals surface area contributed by atoms with E-state index in [0.29, 0.717) is 6.54 Å². The minimum Gasteiger partial charge on any atom is -0.370 e. The third-order valence-corrected chi connectivity index (χ3v) is 3.69. The van der Waals surface area contributed by atoms with Crippen molar-refractivity contribution < 1.29 is 4.79 Å². The number of urea groups is 1. The van der Waals surface area contributed by atoms with Gasteiger partial charge in [-0.2, -0.15) is 0 Å². The third kappa shape index (κ3) is 6.45. The highest BCUT2D eigenvalue weighted by Gasteiger charge is 2.06. The summed E-state index contributed by atoms with van der Waals surface area (Å²) in [7, 11) is 0. The molecule has 0 saturated carbocycles. The number of carbonyl (C=O) groups is 1. The monoisotopic (exact) mass is 469 g/mol. The molecule has 0 aliphatic rings. The number of benzene rings is 1. The molecule has 0 unspecified atom stereocenters. The fourth-order valence-electron chi connectivity index (χ4n) is 1.67. The highest BCUT2D eigenvalue weighted by Crippen LogP contribution is 2.18. The molecular weight excluding hydrogens is 454 g/mol. The van der Waals surface area contributed by atoms with Gasteiger partial charge in [0.05, 0.1) is 0 Å². The molecule has 20 heavy (non-hydrogen) atoms. The fourth-order valence-corrected chi connectivity index (χ4v) is 2.72. The number of hydrogen-bond donors (Lipinski definition) is 2. The maximum atomic E-state index is 11.5. The SMILES string of the molecule is O=C(NCCBr)Nc1ccc(N(CCBr)CCBr)cc1. The first-order chi connectivity index (χ1) is 9.71. The third-order valence-electron chi connectivity index (χ3n) is 2.58. The minimum atomic E-state index is -0.185. The molecule has 0 radical (unpaired) electrons. The second-order valence-electron chi connectivity index (χ2n) is 3.98. The number of halogens is 3. The van der Waals surface area contributed by atoms with Crippen molar-refractivity contribution in [2.24, 2.45) is 0 Å². The van der Waals surface area contributed by atoms with Crippen LogP contribution in [0.4, 0.5) is 16.2 Å². The lowest BCUT2D eigenvalue weighted by molar-refractivity contribution is 0.252. The van der Waals surface area contributed by atoms with E-state index in [1.54, 1.807) is 0 Å². The molecule has 0 aromatic heterocycles. The number of anilines is 2. The molecular formula is C13H18Br3N3O. The number of amides is 2. The molecule has 112 valence electrons. The summed E-state index contributed by atoms with van der Waals surface area (Å²) in [5, 5.41) is 8.13. The quantitative estimate of drug-likeness (QED) is 0.566. The van der Waals surface area contributed by atoms with Crippen molar-refractivity contribution in [2.75, 3.05) is 45.8 Å². The summed E-state index contributed by atoms with van der Waals surface area (Å²) in [6.07, 6.45) is 0. The lowest BCUT2D eigenvalue weighted by atomic mass is 10.2. The summed E-state index contributed by atoms with van der Waals surface area (Å²) in [6, 6.07) is 7.68. The number of rotatable bonds is 8. The molecule has 2 amide bonds. The Balaban J connectivity index is 2.60. The van der Waals surface area contributed by atoms with Gasteiger partial charge in [0, 0.05) is 47.0 Å². The summed E-state index contributed by atoms with van der Waals surface area (Å²) in [5.74, 6) is 0. The Labute approximate surface area is 145 Å². The summed E-state index contributed by atoms with van der Waals surface area (Å²) in [5.41, 5.74) is 1.94. The first-order valence-corrected chi connectivity index (χ1v) is 9.65. The molecule has 1 aromatic carbocycles. The van der Waals surface area contributed by atoms with Crippen molar-refractivity contribution in [1.82, 2.24) is 5.32 Å². The van der Waals surface area contributed by atoms with Crippen LogP contribution in [-0.4, -0.2) is 41.7 Å². The fraction of sp³-hybridized carbons (Fsp3) is 0.462. The first kappa shape index (κ1) is 17.8. The number of nitrogens with one attached hydrogen (secondary N) is 2. The van der Waals surface area contributed by atoms with Gasteiger partial charge in [-0.1, -0.05) is 47.8 Å². The number of carbonyl (C=O) groups excluding carboxylic acids is 1. The molecule has 4 nitrogen and oxygen atoms in total. The zero-order chi connectivity index (χ0) is 14.8. The van der Waals surface area contributed by atoms with Crippen LogP contribution in [0.1, 0.15) is 0 Å². The van der Waals surface area contributed by atoms with Crippen LogP contribution in [-0.2, 0) is 0 Å². The maximum absolute atomic E-state index is 11.5. The number of nitrogens with zero attached hydrogens (tertiary/aromatic N) is 1. The first-order valence-electron chi connectivity index (χ1n) is 6.29. The second-order valence-corrected chi connectivity index (χ2v) is 6.36. The molecule has 0 bridgehead atoms. The van der Waals surface area contributed by atoms with Gasteiger partial charge in [0.2, 0.25) is 0 Å². The zero-order valence-corrected chi connectivity index (χ0v) is 15.8. The van der Waals surface area contributed by atoms with E-state index in [9.17, 15) is 4.79 Å². The summed E-state index contributed by atoms with van der Waals surface area (Å²) >= 11 is 10.2. The largest absolute Gasteiger partial charge is 0.370 e. The standard InChI is InChI=1S/C13H18Br3N3O/c14-5-8-17-13(20)18-11-1-3-12(4-2-11)19(9-6-15)10-7-16/h1-4H,5-10H2,(H2,17,18,20). The van der Waals surface area contributed by atoms with Crippen molar-refractivity contribution in [3.8, 4) is 0 Å². The van der Waals surface area contributed by atoms with E-state index in [0.717, 1.165) is 40.5 Å². The van der Waals surface area contributed by atoms with Gasteiger partial charge < -0.3 is 15.5 Å². The van der Waals surface area contributed by atoms with Crippen LogP contribution in [0.25, 0.3) is 0 Å². The summed E-state index contributed by atoms with van der Waals surface area (Å²) in [6.45, 7) is 2.50. The normalized spacial score (nSPS) is 10.2. The van der Waals surface area contributed by atoms with Crippen LogP contribution < -0.4 is 15.5 Å². The Kier molecular flexibility index (Phi) is 9.30.